The molecule has 1 atom stereocenters. The normalized spacial score (nSPS) is 25.0. The summed E-state index contributed by atoms with van der Waals surface area (Å²) in [7, 11) is 0. The number of aryl methyl sites for hydroxylation is 2. The molecular weight excluding hydrogens is 366 g/mol. The van der Waals surface area contributed by atoms with Gasteiger partial charge in [-0.2, -0.15) is 0 Å². The Labute approximate surface area is 172 Å². The lowest BCUT2D eigenvalue weighted by atomic mass is 9.44. The molecule has 3 N–H and O–H groups in total. The van der Waals surface area contributed by atoms with Crippen LogP contribution in [0.15, 0.2) is 12.1 Å². The Kier molecular flexibility index (Phi) is 6.07. The number of aromatic nitrogens is 1. The SMILES string of the molecule is O=C(O)[C@H](CCCCCCCc1ccc2c(n1)NCCC2)NC(=O)C12CC(C1)C2. The number of hydrogen-bond acceptors (Lipinski definition) is 4. The van der Waals surface area contributed by atoms with Crippen LogP contribution in [0, 0.1) is 11.3 Å². The number of rotatable bonds is 11. The lowest BCUT2D eigenvalue weighted by Gasteiger charge is -2.60. The number of anilines is 1. The second kappa shape index (κ2) is 8.72. The van der Waals surface area contributed by atoms with E-state index in [0.717, 1.165) is 88.2 Å². The number of carboxylic acid groups (broad SMARTS) is 1. The third-order valence-electron chi connectivity index (χ3n) is 7.00. The number of hydrogen-bond donors (Lipinski definition) is 3. The molecule has 0 spiro atoms. The van der Waals surface area contributed by atoms with Crippen molar-refractivity contribution in [2.45, 2.75) is 83.1 Å². The maximum atomic E-state index is 12.3. The van der Waals surface area contributed by atoms with Crippen molar-refractivity contribution in [2.75, 3.05) is 11.9 Å². The van der Waals surface area contributed by atoms with Crippen LogP contribution in [0.4, 0.5) is 5.82 Å². The predicted octanol–water partition coefficient (Wildman–Crippen LogP) is 3.69. The Morgan fingerprint density at radius 2 is 1.93 bits per heavy atom. The van der Waals surface area contributed by atoms with Crippen LogP contribution in [-0.4, -0.2) is 34.6 Å². The van der Waals surface area contributed by atoms with Crippen molar-refractivity contribution in [3.63, 3.8) is 0 Å². The highest BCUT2D eigenvalue weighted by Crippen LogP contribution is 2.64. The van der Waals surface area contributed by atoms with Gasteiger partial charge in [-0.25, -0.2) is 9.78 Å². The number of unbranched alkanes of at least 4 members (excludes halogenated alkanes) is 4. The molecule has 3 aliphatic carbocycles. The number of carbonyl (C=O) groups is 2. The highest BCUT2D eigenvalue weighted by atomic mass is 16.4. The van der Waals surface area contributed by atoms with Gasteiger partial charge in [-0.05, 0) is 68.9 Å². The van der Waals surface area contributed by atoms with Crippen LogP contribution < -0.4 is 10.6 Å². The number of fused-ring (bicyclic) bond motifs is 1. The summed E-state index contributed by atoms with van der Waals surface area (Å²) in [5, 5.41) is 15.6. The average Bonchev–Trinajstić information content (AvgIpc) is 2.63. The highest BCUT2D eigenvalue weighted by molar-refractivity contribution is 5.89. The predicted molar refractivity (Wildman–Crippen MR) is 112 cm³/mol. The van der Waals surface area contributed by atoms with Gasteiger partial charge >= 0.3 is 5.97 Å². The molecule has 2 heterocycles. The topological polar surface area (TPSA) is 91.3 Å². The van der Waals surface area contributed by atoms with Gasteiger partial charge in [0, 0.05) is 17.7 Å². The summed E-state index contributed by atoms with van der Waals surface area (Å²) in [6.07, 6.45) is 11.9. The summed E-state index contributed by atoms with van der Waals surface area (Å²) in [6, 6.07) is 3.62. The molecule has 29 heavy (non-hydrogen) atoms. The standard InChI is InChI=1S/C23H33N3O3/c27-21(28)19(26-22(29)23-13-16(14-23)15-23)9-5-3-1-2-4-8-18-11-10-17-7-6-12-24-20(17)25-18/h10-11,16,19H,1-9,12-15H2,(H,24,25)(H,26,29)(H,27,28)/t16?,19-,23?/m0/s1. The Balaban J connectivity index is 1.09. The summed E-state index contributed by atoms with van der Waals surface area (Å²) in [6.45, 7) is 1.02. The lowest BCUT2D eigenvalue weighted by Crippen LogP contribution is -2.62. The largest absolute Gasteiger partial charge is 0.480 e. The first kappa shape index (κ1) is 20.2. The molecule has 2 bridgehead atoms. The number of pyridine rings is 1. The second-order valence-electron chi connectivity index (χ2n) is 9.27. The third kappa shape index (κ3) is 4.57. The molecule has 0 saturated heterocycles. The molecule has 0 aromatic carbocycles. The fourth-order valence-electron chi connectivity index (χ4n) is 5.02. The van der Waals surface area contributed by atoms with Gasteiger partial charge in [0.15, 0.2) is 0 Å². The monoisotopic (exact) mass is 399 g/mol. The summed E-state index contributed by atoms with van der Waals surface area (Å²) in [5.74, 6) is 0.850. The third-order valence-corrected chi connectivity index (χ3v) is 7.00. The van der Waals surface area contributed by atoms with E-state index < -0.39 is 12.0 Å². The molecule has 1 aliphatic heterocycles. The van der Waals surface area contributed by atoms with Crippen molar-refractivity contribution >= 4 is 17.7 Å². The number of nitrogens with zero attached hydrogens (tertiary/aromatic N) is 1. The van der Waals surface area contributed by atoms with Crippen molar-refractivity contribution in [2.24, 2.45) is 11.3 Å². The zero-order chi connectivity index (χ0) is 20.3. The smallest absolute Gasteiger partial charge is 0.326 e. The van der Waals surface area contributed by atoms with Gasteiger partial charge in [0.25, 0.3) is 0 Å². The summed E-state index contributed by atoms with van der Waals surface area (Å²) in [4.78, 5) is 28.5. The van der Waals surface area contributed by atoms with Crippen molar-refractivity contribution in [3.8, 4) is 0 Å². The minimum absolute atomic E-state index is 0.0283. The van der Waals surface area contributed by atoms with Gasteiger partial charge in [0.2, 0.25) is 5.91 Å². The zero-order valence-electron chi connectivity index (χ0n) is 17.2. The van der Waals surface area contributed by atoms with Crippen LogP contribution in [0.2, 0.25) is 0 Å². The summed E-state index contributed by atoms with van der Waals surface area (Å²) in [5.41, 5.74) is 2.27. The summed E-state index contributed by atoms with van der Waals surface area (Å²) < 4.78 is 0. The van der Waals surface area contributed by atoms with Crippen LogP contribution in [0.3, 0.4) is 0 Å². The van der Waals surface area contributed by atoms with E-state index in [9.17, 15) is 14.7 Å². The molecule has 0 unspecified atom stereocenters. The molecule has 0 radical (unpaired) electrons. The van der Waals surface area contributed by atoms with Crippen molar-refractivity contribution in [1.82, 2.24) is 10.3 Å². The van der Waals surface area contributed by atoms with Crippen LogP contribution in [-0.2, 0) is 22.4 Å². The van der Waals surface area contributed by atoms with Gasteiger partial charge in [-0.15, -0.1) is 0 Å². The molecule has 3 saturated carbocycles. The van der Waals surface area contributed by atoms with E-state index in [1.807, 2.05) is 0 Å². The van der Waals surface area contributed by atoms with Gasteiger partial charge in [-0.3, -0.25) is 4.79 Å². The first-order valence-electron chi connectivity index (χ1n) is 11.3. The maximum absolute atomic E-state index is 12.3. The minimum atomic E-state index is -0.906. The van der Waals surface area contributed by atoms with Crippen LogP contribution in [0.25, 0.3) is 0 Å². The first-order valence-corrected chi connectivity index (χ1v) is 11.3. The number of amides is 1. The molecule has 4 aliphatic rings. The van der Waals surface area contributed by atoms with Gasteiger partial charge in [0.05, 0.1) is 0 Å². The first-order chi connectivity index (χ1) is 14.1. The molecule has 5 rings (SSSR count). The maximum Gasteiger partial charge on any atom is 0.326 e. The molecule has 3 fully saturated rings. The van der Waals surface area contributed by atoms with Crippen LogP contribution >= 0.6 is 0 Å². The zero-order valence-corrected chi connectivity index (χ0v) is 17.2. The number of carbonyl (C=O) groups excluding carboxylic acids is 1. The Morgan fingerprint density at radius 1 is 1.17 bits per heavy atom. The Bertz CT molecular complexity index is 747. The molecule has 1 aromatic heterocycles. The van der Waals surface area contributed by atoms with E-state index >= 15 is 0 Å². The minimum Gasteiger partial charge on any atom is -0.480 e. The second-order valence-corrected chi connectivity index (χ2v) is 9.27. The Hall–Kier alpha value is -2.11. The van der Waals surface area contributed by atoms with Crippen molar-refractivity contribution < 1.29 is 14.7 Å². The van der Waals surface area contributed by atoms with Gasteiger partial charge in [-0.1, -0.05) is 31.7 Å². The van der Waals surface area contributed by atoms with E-state index in [1.54, 1.807) is 0 Å². The van der Waals surface area contributed by atoms with Gasteiger partial charge < -0.3 is 15.7 Å². The lowest BCUT2D eigenvalue weighted by molar-refractivity contribution is -0.167. The van der Waals surface area contributed by atoms with E-state index in [-0.39, 0.29) is 11.3 Å². The summed E-state index contributed by atoms with van der Waals surface area (Å²) >= 11 is 0. The fraction of sp³-hybridized carbons (Fsp3) is 0.696. The highest BCUT2D eigenvalue weighted by Gasteiger charge is 2.61. The van der Waals surface area contributed by atoms with Gasteiger partial charge in [0.1, 0.15) is 11.9 Å². The molecule has 158 valence electrons. The molecule has 1 amide bonds. The number of aliphatic carboxylic acids is 1. The van der Waals surface area contributed by atoms with Crippen molar-refractivity contribution in [3.05, 3.63) is 23.4 Å². The van der Waals surface area contributed by atoms with Crippen LogP contribution in [0.1, 0.15) is 75.5 Å². The van der Waals surface area contributed by atoms with Crippen LogP contribution in [0.5, 0.6) is 0 Å². The quantitative estimate of drug-likeness (QED) is 0.494. The van der Waals surface area contributed by atoms with E-state index in [2.05, 4.69) is 22.8 Å². The van der Waals surface area contributed by atoms with Crippen molar-refractivity contribution in [1.29, 1.82) is 0 Å². The molecular formula is C23H33N3O3. The molecule has 6 nitrogen and oxygen atoms in total. The van der Waals surface area contributed by atoms with E-state index in [4.69, 9.17) is 4.98 Å². The molecule has 6 heteroatoms. The average molecular weight is 400 g/mol. The Morgan fingerprint density at radius 3 is 2.66 bits per heavy atom. The number of carboxylic acids is 1. The number of nitrogens with one attached hydrogen (secondary N) is 2. The fourth-order valence-corrected chi connectivity index (χ4v) is 5.02. The molecule has 1 aromatic rings. The van der Waals surface area contributed by atoms with E-state index in [1.165, 1.54) is 12.0 Å². The van der Waals surface area contributed by atoms with E-state index in [0.29, 0.717) is 6.42 Å².